The molecule has 0 heterocycles. The van der Waals surface area contributed by atoms with Crippen molar-refractivity contribution in [1.82, 2.24) is 9.62 Å². The Balaban J connectivity index is 2.02. The normalized spacial score (nSPS) is 17.1. The predicted molar refractivity (Wildman–Crippen MR) is 85.7 cm³/mol. The van der Waals surface area contributed by atoms with Crippen LogP contribution < -0.4 is 10.5 Å². The Labute approximate surface area is 127 Å². The third-order valence-corrected chi connectivity index (χ3v) is 5.62. The van der Waals surface area contributed by atoms with E-state index in [-0.39, 0.29) is 10.9 Å². The summed E-state index contributed by atoms with van der Waals surface area (Å²) in [6, 6.07) is 5.73. The van der Waals surface area contributed by atoms with Crippen molar-refractivity contribution in [3.05, 3.63) is 23.8 Å². The Morgan fingerprint density at radius 3 is 2.62 bits per heavy atom. The zero-order valence-electron chi connectivity index (χ0n) is 13.0. The van der Waals surface area contributed by atoms with Crippen LogP contribution in [0.15, 0.2) is 23.1 Å². The molecule has 1 aromatic carbocycles. The Bertz CT molecular complexity index is 597. The van der Waals surface area contributed by atoms with Gasteiger partial charge in [0.15, 0.2) is 0 Å². The zero-order chi connectivity index (χ0) is 15.6. The van der Waals surface area contributed by atoms with Crippen molar-refractivity contribution in [1.29, 1.82) is 0 Å². The number of hydrogen-bond donors (Lipinski definition) is 2. The minimum Gasteiger partial charge on any atom is -0.398 e. The van der Waals surface area contributed by atoms with Gasteiger partial charge in [-0.3, -0.25) is 4.90 Å². The maximum absolute atomic E-state index is 12.3. The number of sulfonamides is 1. The number of aryl methyl sites for hydroxylation is 1. The third-order valence-electron chi connectivity index (χ3n) is 4.20. The van der Waals surface area contributed by atoms with E-state index in [1.54, 1.807) is 12.1 Å². The zero-order valence-corrected chi connectivity index (χ0v) is 13.8. The molecule has 5 nitrogen and oxygen atoms in total. The first-order valence-corrected chi connectivity index (χ1v) is 8.93. The third kappa shape index (κ3) is 3.96. The Morgan fingerprint density at radius 1 is 1.43 bits per heavy atom. The van der Waals surface area contributed by atoms with Gasteiger partial charge >= 0.3 is 0 Å². The molecule has 21 heavy (non-hydrogen) atoms. The molecule has 118 valence electrons. The second-order valence-electron chi connectivity index (χ2n) is 5.81. The summed E-state index contributed by atoms with van der Waals surface area (Å²) in [6.45, 7) is 4.44. The number of nitrogens with zero attached hydrogens (tertiary/aromatic N) is 1. The number of nitrogens with two attached hydrogens (primary N) is 1. The van der Waals surface area contributed by atoms with Crippen molar-refractivity contribution >= 4 is 15.7 Å². The first kappa shape index (κ1) is 16.3. The van der Waals surface area contributed by atoms with Crippen LogP contribution in [0.2, 0.25) is 0 Å². The molecule has 0 spiro atoms. The average Bonchev–Trinajstić information content (AvgIpc) is 3.28. The molecule has 6 heteroatoms. The number of benzene rings is 1. The van der Waals surface area contributed by atoms with E-state index in [0.29, 0.717) is 18.3 Å². The number of nitrogens with one attached hydrogen (secondary N) is 1. The molecule has 1 saturated carbocycles. The van der Waals surface area contributed by atoms with Gasteiger partial charge in [-0.1, -0.05) is 13.0 Å². The maximum Gasteiger partial charge on any atom is 0.240 e. The number of rotatable bonds is 7. The average molecular weight is 311 g/mol. The lowest BCUT2D eigenvalue weighted by Crippen LogP contribution is -2.41. The minimum atomic E-state index is -3.50. The molecule has 1 aliphatic rings. The summed E-state index contributed by atoms with van der Waals surface area (Å²) in [7, 11) is -1.45. The van der Waals surface area contributed by atoms with Gasteiger partial charge in [0.2, 0.25) is 10.0 Å². The van der Waals surface area contributed by atoms with Crippen molar-refractivity contribution in [3.8, 4) is 0 Å². The van der Waals surface area contributed by atoms with Gasteiger partial charge in [-0.05, 0) is 50.9 Å². The van der Waals surface area contributed by atoms with Crippen LogP contribution in [0, 0.1) is 0 Å². The number of hydrogen-bond acceptors (Lipinski definition) is 4. The molecule has 1 fully saturated rings. The van der Waals surface area contributed by atoms with Crippen LogP contribution in [0.3, 0.4) is 0 Å². The molecule has 1 unspecified atom stereocenters. The van der Waals surface area contributed by atoms with Crippen molar-refractivity contribution in [2.75, 3.05) is 19.3 Å². The van der Waals surface area contributed by atoms with E-state index in [0.717, 1.165) is 12.0 Å². The Morgan fingerprint density at radius 2 is 2.10 bits per heavy atom. The van der Waals surface area contributed by atoms with Crippen LogP contribution in [0.1, 0.15) is 32.3 Å². The molecule has 0 bridgehead atoms. The molecule has 0 aromatic heterocycles. The summed E-state index contributed by atoms with van der Waals surface area (Å²) in [4.78, 5) is 2.47. The van der Waals surface area contributed by atoms with Gasteiger partial charge in [0, 0.05) is 24.3 Å². The number of nitrogen functional groups attached to an aromatic ring is 1. The number of likely N-dealkylation sites (N-methyl/N-ethyl adjacent to an activating group) is 1. The molecule has 0 saturated heterocycles. The topological polar surface area (TPSA) is 75.4 Å². The van der Waals surface area contributed by atoms with Gasteiger partial charge in [-0.25, -0.2) is 13.1 Å². The smallest absolute Gasteiger partial charge is 0.240 e. The lowest BCUT2D eigenvalue weighted by Gasteiger charge is -2.24. The summed E-state index contributed by atoms with van der Waals surface area (Å²) in [6.07, 6.45) is 3.22. The molecule has 1 aliphatic carbocycles. The van der Waals surface area contributed by atoms with Crippen LogP contribution in [-0.4, -0.2) is 39.0 Å². The lowest BCUT2D eigenvalue weighted by atomic mass is 10.1. The highest BCUT2D eigenvalue weighted by atomic mass is 32.2. The fourth-order valence-electron chi connectivity index (χ4n) is 2.36. The second-order valence-corrected chi connectivity index (χ2v) is 7.58. The summed E-state index contributed by atoms with van der Waals surface area (Å²) in [5.41, 5.74) is 7.38. The van der Waals surface area contributed by atoms with Crippen molar-refractivity contribution in [3.63, 3.8) is 0 Å². The van der Waals surface area contributed by atoms with Crippen LogP contribution >= 0.6 is 0 Å². The van der Waals surface area contributed by atoms with E-state index < -0.39 is 10.0 Å². The van der Waals surface area contributed by atoms with E-state index in [1.165, 1.54) is 18.9 Å². The number of anilines is 1. The summed E-state index contributed by atoms with van der Waals surface area (Å²) in [5.74, 6) is 0. The van der Waals surface area contributed by atoms with E-state index in [1.807, 2.05) is 20.9 Å². The first-order chi connectivity index (χ1) is 9.85. The molecular formula is C15H25N3O2S. The highest BCUT2D eigenvalue weighted by Gasteiger charge is 2.29. The van der Waals surface area contributed by atoms with Crippen molar-refractivity contribution in [2.45, 2.75) is 50.1 Å². The first-order valence-electron chi connectivity index (χ1n) is 7.45. The molecule has 2 rings (SSSR count). The Hall–Kier alpha value is -1.11. The monoisotopic (exact) mass is 311 g/mol. The van der Waals surface area contributed by atoms with Crippen molar-refractivity contribution < 1.29 is 8.42 Å². The standard InChI is InChI=1S/C15H25N3O2S/c1-4-12-5-8-14(9-15(12)16)21(19,20)17-10-11(2)18(3)13-6-7-13/h5,8-9,11,13,17H,4,6-7,10,16H2,1-3H3. The SMILES string of the molecule is CCc1ccc(S(=O)(=O)NCC(C)N(C)C2CC2)cc1N. The Kier molecular flexibility index (Phi) is 4.91. The fourth-order valence-corrected chi connectivity index (χ4v) is 3.52. The van der Waals surface area contributed by atoms with Crippen LogP contribution in [0.25, 0.3) is 0 Å². The predicted octanol–water partition coefficient (Wildman–Crippen LogP) is 1.59. The van der Waals surface area contributed by atoms with E-state index >= 15 is 0 Å². The van der Waals surface area contributed by atoms with Crippen LogP contribution in [0.5, 0.6) is 0 Å². The van der Waals surface area contributed by atoms with E-state index in [9.17, 15) is 8.42 Å². The second kappa shape index (κ2) is 6.34. The van der Waals surface area contributed by atoms with Crippen LogP contribution in [0.4, 0.5) is 5.69 Å². The highest BCUT2D eigenvalue weighted by Crippen LogP contribution is 2.26. The van der Waals surface area contributed by atoms with Crippen LogP contribution in [-0.2, 0) is 16.4 Å². The molecule has 3 N–H and O–H groups in total. The molecule has 0 amide bonds. The molecule has 0 aliphatic heterocycles. The van der Waals surface area contributed by atoms with Gasteiger partial charge in [0.05, 0.1) is 4.90 Å². The van der Waals surface area contributed by atoms with Crippen molar-refractivity contribution in [2.24, 2.45) is 0 Å². The summed E-state index contributed by atoms with van der Waals surface area (Å²) in [5, 5.41) is 0. The fraction of sp³-hybridized carbons (Fsp3) is 0.600. The molecule has 1 atom stereocenters. The van der Waals surface area contributed by atoms with Gasteiger partial charge in [-0.15, -0.1) is 0 Å². The quantitative estimate of drug-likeness (QED) is 0.750. The van der Waals surface area contributed by atoms with Gasteiger partial charge in [0.1, 0.15) is 0 Å². The molecular weight excluding hydrogens is 286 g/mol. The largest absolute Gasteiger partial charge is 0.398 e. The van der Waals surface area contributed by atoms with E-state index in [4.69, 9.17) is 5.73 Å². The van der Waals surface area contributed by atoms with Gasteiger partial charge in [-0.2, -0.15) is 0 Å². The van der Waals surface area contributed by atoms with Gasteiger partial charge < -0.3 is 5.73 Å². The molecule has 1 aromatic rings. The molecule has 0 radical (unpaired) electrons. The highest BCUT2D eigenvalue weighted by molar-refractivity contribution is 7.89. The summed E-state index contributed by atoms with van der Waals surface area (Å²) < 4.78 is 27.3. The lowest BCUT2D eigenvalue weighted by molar-refractivity contribution is 0.248. The minimum absolute atomic E-state index is 0.180. The van der Waals surface area contributed by atoms with E-state index in [2.05, 4.69) is 9.62 Å². The summed E-state index contributed by atoms with van der Waals surface area (Å²) >= 11 is 0. The maximum atomic E-state index is 12.3. The van der Waals surface area contributed by atoms with Gasteiger partial charge in [0.25, 0.3) is 0 Å².